The lowest BCUT2D eigenvalue weighted by Gasteiger charge is -2.45. The quantitative estimate of drug-likeness (QED) is 0.127. The van der Waals surface area contributed by atoms with E-state index in [1.165, 1.54) is 18.2 Å². The molecule has 0 amide bonds. The summed E-state index contributed by atoms with van der Waals surface area (Å²) in [5.41, 5.74) is -3.07. The van der Waals surface area contributed by atoms with Crippen LogP contribution in [-0.4, -0.2) is 30.3 Å². The van der Waals surface area contributed by atoms with Crippen LogP contribution >= 0.6 is 35.3 Å². The minimum absolute atomic E-state index is 0.0196. The number of halogens is 15. The van der Waals surface area contributed by atoms with Gasteiger partial charge in [-0.1, -0.05) is 35.3 Å². The Balaban J connectivity index is 1.45. The average Bonchev–Trinajstić information content (AvgIpc) is 3.24. The topological polar surface area (TPSA) is 29.5 Å². The third-order valence-corrected chi connectivity index (χ3v) is 13.7. The zero-order chi connectivity index (χ0) is 48.6. The van der Waals surface area contributed by atoms with E-state index in [-0.39, 0.29) is 46.1 Å². The molecule has 0 N–H and O–H groups in total. The van der Waals surface area contributed by atoms with Crippen molar-refractivity contribution in [3.63, 3.8) is 0 Å². The first-order chi connectivity index (χ1) is 31.3. The van der Waals surface area contributed by atoms with E-state index in [0.717, 1.165) is 144 Å². The molecule has 352 valence electrons. The molecule has 21 heteroatoms. The van der Waals surface area contributed by atoms with Crippen LogP contribution in [0.1, 0.15) is 51.1 Å². The summed E-state index contributed by atoms with van der Waals surface area (Å²) in [6, 6.07) is 21.1. The number of hydroxylamine groups is 2. The summed E-state index contributed by atoms with van der Waals surface area (Å²) in [4.78, 5) is 18.3. The van der Waals surface area contributed by atoms with Crippen LogP contribution in [0.25, 0.3) is 0 Å². The summed E-state index contributed by atoms with van der Waals surface area (Å²) >= 11 is 2.48. The van der Waals surface area contributed by atoms with Gasteiger partial charge < -0.3 is 4.84 Å². The van der Waals surface area contributed by atoms with Crippen LogP contribution in [0, 0.1) is 17.5 Å². The van der Waals surface area contributed by atoms with Crippen LogP contribution in [0.3, 0.4) is 0 Å². The first-order valence-corrected chi connectivity index (χ1v) is 21.8. The number of carbonyl (C=O) groups excluding carboxylic acids is 1. The summed E-state index contributed by atoms with van der Waals surface area (Å²) in [5.74, 6) is -9.53. The fourth-order valence-electron chi connectivity index (χ4n) is 7.48. The lowest BCUT2D eigenvalue weighted by atomic mass is 9.69. The molecule has 6 aromatic carbocycles. The fourth-order valence-corrected chi connectivity index (χ4v) is 10.4. The molecule has 2 atom stereocenters. The van der Waals surface area contributed by atoms with E-state index in [2.05, 4.69) is 0 Å². The highest BCUT2D eigenvalue weighted by molar-refractivity contribution is 8.00. The van der Waals surface area contributed by atoms with Crippen molar-refractivity contribution in [3.05, 3.63) is 178 Å². The summed E-state index contributed by atoms with van der Waals surface area (Å²) in [5, 5.41) is 0.596. The van der Waals surface area contributed by atoms with Crippen molar-refractivity contribution in [2.75, 3.05) is 13.1 Å². The first-order valence-electron chi connectivity index (χ1n) is 19.3. The molecule has 67 heavy (non-hydrogen) atoms. The van der Waals surface area contributed by atoms with Gasteiger partial charge >= 0.3 is 30.7 Å². The molecule has 1 heterocycles. The maximum atomic E-state index is 15.7. The second-order valence-corrected chi connectivity index (χ2v) is 18.2. The van der Waals surface area contributed by atoms with Crippen LogP contribution in [0.5, 0.6) is 0 Å². The number of alkyl halides is 12. The molecule has 0 bridgehead atoms. The highest BCUT2D eigenvalue weighted by atomic mass is 32.2. The van der Waals surface area contributed by atoms with Gasteiger partial charge in [-0.25, -0.2) is 18.0 Å². The van der Waals surface area contributed by atoms with E-state index in [0.29, 0.717) is 5.06 Å². The molecule has 1 fully saturated rings. The van der Waals surface area contributed by atoms with E-state index >= 15 is 13.2 Å². The Hall–Kier alpha value is -5.25. The first kappa shape index (κ1) is 49.6. The number of nitrogens with zero attached hydrogens (tertiary/aromatic N) is 1. The molecule has 1 aliphatic heterocycles. The van der Waals surface area contributed by atoms with Crippen LogP contribution < -0.4 is 0 Å². The lowest BCUT2D eigenvalue weighted by molar-refractivity contribution is -0.243. The number of benzene rings is 6. The Labute approximate surface area is 383 Å². The van der Waals surface area contributed by atoms with Gasteiger partial charge in [0.15, 0.2) is 0 Å². The number of hydrogen-bond donors (Lipinski definition) is 0. The Morgan fingerprint density at radius 1 is 0.448 bits per heavy atom. The van der Waals surface area contributed by atoms with Crippen LogP contribution in [0.4, 0.5) is 65.9 Å². The Morgan fingerprint density at radius 3 is 1.04 bits per heavy atom. The predicted octanol–water partition coefficient (Wildman–Crippen LogP) is 15.6. The van der Waals surface area contributed by atoms with Crippen molar-refractivity contribution in [2.45, 2.75) is 71.8 Å². The molecule has 0 aromatic heterocycles. The van der Waals surface area contributed by atoms with E-state index in [4.69, 9.17) is 4.84 Å². The zero-order valence-electron chi connectivity index (χ0n) is 33.4. The maximum Gasteiger partial charge on any atom is 0.492 e. The van der Waals surface area contributed by atoms with Gasteiger partial charge in [0.2, 0.25) is 0 Å². The molecule has 7 rings (SSSR count). The molecular formula is C46H28F15NO2S3. The third kappa shape index (κ3) is 12.1. The van der Waals surface area contributed by atoms with Gasteiger partial charge in [0.25, 0.3) is 0 Å². The molecule has 0 spiro atoms. The van der Waals surface area contributed by atoms with Gasteiger partial charge in [-0.2, -0.15) is 52.7 Å². The average molecular weight is 1010 g/mol. The fraction of sp³-hybridized carbons (Fsp3) is 0.196. The van der Waals surface area contributed by atoms with Crippen molar-refractivity contribution in [2.24, 2.45) is 0 Å². The minimum Gasteiger partial charge on any atom is -0.361 e. The number of hydrogen-bond acceptors (Lipinski definition) is 6. The van der Waals surface area contributed by atoms with Crippen molar-refractivity contribution in [3.8, 4) is 0 Å². The lowest BCUT2D eigenvalue weighted by Crippen LogP contribution is -2.46. The number of rotatable bonds is 10. The molecule has 1 saturated heterocycles. The SMILES string of the molecule is O=C(ON1CC(c2cc(F)ccc2Sc2ccc(C(F)(F)F)cc2)C(c2cc(F)ccc2Sc2ccc(C(F)(F)F)cc2)C(c2cc(F)ccc2Sc2ccc(C(F)(F)F)cc2)C1)C(F)(F)F. The smallest absolute Gasteiger partial charge is 0.361 e. The summed E-state index contributed by atoms with van der Waals surface area (Å²) < 4.78 is 210. The predicted molar refractivity (Wildman–Crippen MR) is 218 cm³/mol. The van der Waals surface area contributed by atoms with Gasteiger partial charge in [0.1, 0.15) is 17.5 Å². The third-order valence-electron chi connectivity index (χ3n) is 10.4. The van der Waals surface area contributed by atoms with Crippen LogP contribution in [-0.2, 0) is 28.2 Å². The Morgan fingerprint density at radius 2 is 0.746 bits per heavy atom. The number of carbonyl (C=O) groups is 1. The number of piperidine rings is 1. The van der Waals surface area contributed by atoms with Gasteiger partial charge in [0, 0.05) is 60.2 Å². The van der Waals surface area contributed by atoms with E-state index in [1.54, 1.807) is 0 Å². The molecule has 1 aliphatic rings. The van der Waals surface area contributed by atoms with Crippen LogP contribution in [0.15, 0.2) is 157 Å². The van der Waals surface area contributed by atoms with Crippen molar-refractivity contribution >= 4 is 41.3 Å². The van der Waals surface area contributed by atoms with E-state index < -0.39 is 95.7 Å². The van der Waals surface area contributed by atoms with Crippen molar-refractivity contribution in [1.29, 1.82) is 0 Å². The summed E-state index contributed by atoms with van der Waals surface area (Å²) in [6.45, 7) is -1.41. The van der Waals surface area contributed by atoms with Gasteiger partial charge in [-0.05, 0) is 144 Å². The van der Waals surface area contributed by atoms with E-state index in [1.807, 2.05) is 0 Å². The second-order valence-electron chi connectivity index (χ2n) is 14.9. The monoisotopic (exact) mass is 1010 g/mol. The highest BCUT2D eigenvalue weighted by Crippen LogP contribution is 2.54. The highest BCUT2D eigenvalue weighted by Gasteiger charge is 2.48. The van der Waals surface area contributed by atoms with Crippen molar-refractivity contribution < 1.29 is 75.5 Å². The molecule has 0 saturated carbocycles. The van der Waals surface area contributed by atoms with Crippen LogP contribution in [0.2, 0.25) is 0 Å². The molecule has 6 aromatic rings. The van der Waals surface area contributed by atoms with E-state index in [9.17, 15) is 57.5 Å². The maximum absolute atomic E-state index is 15.7. The normalized spacial score (nSPS) is 17.4. The molecular weight excluding hydrogens is 980 g/mol. The van der Waals surface area contributed by atoms with Gasteiger partial charge in [0.05, 0.1) is 16.7 Å². The largest absolute Gasteiger partial charge is 0.492 e. The Kier molecular flexibility index (Phi) is 14.4. The summed E-state index contributed by atoms with van der Waals surface area (Å²) in [7, 11) is 0. The second kappa shape index (κ2) is 19.4. The molecule has 0 aliphatic carbocycles. The van der Waals surface area contributed by atoms with Gasteiger partial charge in [-0.3, -0.25) is 0 Å². The molecule has 3 nitrogen and oxygen atoms in total. The standard InChI is InChI=1S/C46H28F15NO2S3/c47-27-7-16-38(65-30-10-1-24(2-11-30)43(50,51)52)33(19-27)36-22-62(64-42(63)46(59,60)61)23-37(34-20-28(48)8-17-39(34)66-31-12-3-25(4-13-31)44(53,54)55)41(36)35-21-29(49)9-18-40(35)67-32-14-5-26(6-15-32)45(56,57)58/h1-21,36-37,41H,22-23H2. The molecule has 2 unspecified atom stereocenters. The summed E-state index contributed by atoms with van der Waals surface area (Å²) in [6.07, 6.45) is -19.7. The van der Waals surface area contributed by atoms with Crippen molar-refractivity contribution in [1.82, 2.24) is 5.06 Å². The zero-order valence-corrected chi connectivity index (χ0v) is 35.9. The minimum atomic E-state index is -5.57. The molecule has 0 radical (unpaired) electrons. The van der Waals surface area contributed by atoms with Gasteiger partial charge in [-0.15, -0.1) is 5.06 Å². The Bertz CT molecular complexity index is 2600.